The Bertz CT molecular complexity index is 600. The lowest BCUT2D eigenvalue weighted by molar-refractivity contribution is 0.251. The third kappa shape index (κ3) is 4.10. The second-order valence-corrected chi connectivity index (χ2v) is 6.25. The lowest BCUT2D eigenvalue weighted by atomic mass is 10.2. The van der Waals surface area contributed by atoms with Crippen molar-refractivity contribution in [1.29, 1.82) is 0 Å². The molecule has 1 aromatic carbocycles. The van der Waals surface area contributed by atoms with Gasteiger partial charge < -0.3 is 10.1 Å². The summed E-state index contributed by atoms with van der Waals surface area (Å²) in [6.45, 7) is 1.61. The van der Waals surface area contributed by atoms with Gasteiger partial charge in [-0.3, -0.25) is 9.62 Å². The zero-order valence-corrected chi connectivity index (χ0v) is 12.3. The topological polar surface area (TPSA) is 83.0 Å². The Morgan fingerprint density at radius 3 is 2.80 bits per heavy atom. The first-order valence-electron chi connectivity index (χ1n) is 6.08. The van der Waals surface area contributed by atoms with Gasteiger partial charge in [0.25, 0.3) is 0 Å². The van der Waals surface area contributed by atoms with Crippen molar-refractivity contribution >= 4 is 16.0 Å². The van der Waals surface area contributed by atoms with Gasteiger partial charge in [-0.1, -0.05) is 18.2 Å². The van der Waals surface area contributed by atoms with Gasteiger partial charge in [0, 0.05) is 12.1 Å². The van der Waals surface area contributed by atoms with Gasteiger partial charge in [0.1, 0.15) is 5.75 Å². The molecule has 8 heteroatoms. The highest BCUT2D eigenvalue weighted by atomic mass is 32.2. The Morgan fingerprint density at radius 1 is 1.45 bits per heavy atom. The highest BCUT2D eigenvalue weighted by Gasteiger charge is 2.15. The van der Waals surface area contributed by atoms with Gasteiger partial charge >= 0.3 is 0 Å². The van der Waals surface area contributed by atoms with Crippen molar-refractivity contribution in [2.75, 3.05) is 26.7 Å². The van der Waals surface area contributed by atoms with Gasteiger partial charge in [-0.15, -0.1) is 0 Å². The van der Waals surface area contributed by atoms with Gasteiger partial charge in [-0.05, 0) is 6.07 Å². The number of rotatable bonds is 4. The van der Waals surface area contributed by atoms with E-state index in [-0.39, 0.29) is 5.96 Å². The molecule has 0 radical (unpaired) electrons. The molecule has 0 fully saturated rings. The summed E-state index contributed by atoms with van der Waals surface area (Å²) in [5, 5.41) is 2.93. The third-order valence-electron chi connectivity index (χ3n) is 2.77. The van der Waals surface area contributed by atoms with E-state index in [4.69, 9.17) is 4.74 Å². The number of sulfonamides is 1. The summed E-state index contributed by atoms with van der Waals surface area (Å²) in [6, 6.07) is 7.78. The van der Waals surface area contributed by atoms with Gasteiger partial charge in [-0.2, -0.15) is 0 Å². The summed E-state index contributed by atoms with van der Waals surface area (Å²) in [4.78, 5) is 6.18. The normalized spacial score (nSPS) is 16.2. The van der Waals surface area contributed by atoms with Crippen molar-refractivity contribution in [2.24, 2.45) is 4.99 Å². The Morgan fingerprint density at radius 2 is 2.20 bits per heavy atom. The van der Waals surface area contributed by atoms with E-state index in [2.05, 4.69) is 15.0 Å². The molecule has 0 amide bonds. The number of nitrogens with one attached hydrogen (secondary N) is 2. The molecule has 2 rings (SSSR count). The number of ether oxygens (including phenoxy) is 1. The van der Waals surface area contributed by atoms with Crippen molar-refractivity contribution in [3.8, 4) is 5.75 Å². The van der Waals surface area contributed by atoms with Crippen LogP contribution in [0.2, 0.25) is 0 Å². The van der Waals surface area contributed by atoms with Crippen LogP contribution in [0.25, 0.3) is 0 Å². The largest absolute Gasteiger partial charge is 0.496 e. The van der Waals surface area contributed by atoms with Crippen LogP contribution in [-0.2, 0) is 16.6 Å². The van der Waals surface area contributed by atoms with Crippen LogP contribution in [0.1, 0.15) is 5.56 Å². The summed E-state index contributed by atoms with van der Waals surface area (Å²) in [6.07, 6.45) is 1.10. The van der Waals surface area contributed by atoms with Crippen molar-refractivity contribution in [1.82, 2.24) is 14.9 Å². The van der Waals surface area contributed by atoms with Gasteiger partial charge in [0.15, 0.2) is 0 Å². The van der Waals surface area contributed by atoms with E-state index in [0.29, 0.717) is 19.9 Å². The van der Waals surface area contributed by atoms with Crippen molar-refractivity contribution < 1.29 is 13.2 Å². The number of methoxy groups -OCH3 is 1. The molecule has 1 heterocycles. The number of hydrogen-bond donors (Lipinski definition) is 2. The average molecular weight is 298 g/mol. The molecular formula is C12H18N4O3S. The summed E-state index contributed by atoms with van der Waals surface area (Å²) >= 11 is 0. The summed E-state index contributed by atoms with van der Waals surface area (Å²) in [5.41, 5.74) is 1.06. The predicted octanol–water partition coefficient (Wildman–Crippen LogP) is -0.0794. The molecular weight excluding hydrogens is 280 g/mol. The van der Waals surface area contributed by atoms with Gasteiger partial charge in [0.05, 0.1) is 26.7 Å². The highest BCUT2D eigenvalue weighted by molar-refractivity contribution is 7.89. The number of para-hydroxylation sites is 1. The second kappa shape index (κ2) is 6.10. The average Bonchev–Trinajstić information content (AvgIpc) is 2.40. The molecule has 1 aliphatic rings. The maximum absolute atomic E-state index is 11.1. The fourth-order valence-corrected chi connectivity index (χ4v) is 2.38. The highest BCUT2D eigenvalue weighted by Crippen LogP contribution is 2.19. The number of benzene rings is 1. The molecule has 0 saturated carbocycles. The monoisotopic (exact) mass is 298 g/mol. The van der Waals surface area contributed by atoms with E-state index in [1.54, 1.807) is 7.11 Å². The van der Waals surface area contributed by atoms with Crippen LogP contribution in [0.5, 0.6) is 5.75 Å². The first-order valence-corrected chi connectivity index (χ1v) is 7.97. The molecule has 0 aliphatic carbocycles. The van der Waals surface area contributed by atoms with Crippen LogP contribution >= 0.6 is 0 Å². The molecule has 0 aromatic heterocycles. The number of aliphatic imine (C=N–C) groups is 1. The number of guanidine groups is 1. The van der Waals surface area contributed by atoms with E-state index in [0.717, 1.165) is 17.6 Å². The minimum atomic E-state index is -3.29. The van der Waals surface area contributed by atoms with E-state index < -0.39 is 10.0 Å². The molecule has 0 atom stereocenters. The van der Waals surface area contributed by atoms with Crippen LogP contribution in [-0.4, -0.2) is 46.0 Å². The maximum atomic E-state index is 11.1. The van der Waals surface area contributed by atoms with Crippen molar-refractivity contribution in [3.63, 3.8) is 0 Å². The smallest absolute Gasteiger partial charge is 0.232 e. The van der Waals surface area contributed by atoms with E-state index >= 15 is 0 Å². The lowest BCUT2D eigenvalue weighted by Gasteiger charge is -2.27. The van der Waals surface area contributed by atoms with Gasteiger partial charge in [0.2, 0.25) is 16.0 Å². The zero-order valence-electron chi connectivity index (χ0n) is 11.5. The van der Waals surface area contributed by atoms with Crippen LogP contribution in [0.15, 0.2) is 29.3 Å². The van der Waals surface area contributed by atoms with Crippen LogP contribution in [0, 0.1) is 0 Å². The molecule has 0 spiro atoms. The van der Waals surface area contributed by atoms with E-state index in [1.807, 2.05) is 29.2 Å². The fourth-order valence-electron chi connectivity index (χ4n) is 1.89. The second-order valence-electron chi connectivity index (χ2n) is 4.50. The first kappa shape index (κ1) is 14.6. The molecule has 1 aromatic rings. The zero-order chi connectivity index (χ0) is 14.6. The first-order chi connectivity index (χ1) is 9.48. The molecule has 2 N–H and O–H groups in total. The Balaban J connectivity index is 1.97. The SMILES string of the molecule is COc1ccccc1CN1CN=C(NS(C)(=O)=O)NC1. The molecule has 1 aliphatic heterocycles. The van der Waals surface area contributed by atoms with Gasteiger partial charge in [-0.25, -0.2) is 13.4 Å². The Hall–Kier alpha value is -1.80. The van der Waals surface area contributed by atoms with E-state index in [9.17, 15) is 8.42 Å². The number of hydrogen-bond acceptors (Lipinski definition) is 6. The van der Waals surface area contributed by atoms with Crippen LogP contribution in [0.3, 0.4) is 0 Å². The summed E-state index contributed by atoms with van der Waals surface area (Å²) in [7, 11) is -1.65. The summed E-state index contributed by atoms with van der Waals surface area (Å²) < 4.78 is 29.8. The minimum absolute atomic E-state index is 0.281. The standard InChI is InChI=1S/C12H18N4O3S/c1-19-11-6-4-3-5-10(11)7-16-8-13-12(14-9-16)15-20(2,17)18/h3-6H,7-9H2,1-2H3,(H2,13,14,15). The molecule has 0 saturated heterocycles. The quantitative estimate of drug-likeness (QED) is 0.812. The molecule has 7 nitrogen and oxygen atoms in total. The molecule has 20 heavy (non-hydrogen) atoms. The summed E-state index contributed by atoms with van der Waals surface area (Å²) in [5.74, 6) is 1.11. The van der Waals surface area contributed by atoms with Crippen LogP contribution < -0.4 is 14.8 Å². The fraction of sp³-hybridized carbons (Fsp3) is 0.417. The lowest BCUT2D eigenvalue weighted by Crippen LogP contribution is -2.49. The third-order valence-corrected chi connectivity index (χ3v) is 3.33. The van der Waals surface area contributed by atoms with E-state index in [1.165, 1.54) is 0 Å². The Kier molecular flexibility index (Phi) is 4.46. The molecule has 110 valence electrons. The molecule has 0 bridgehead atoms. The van der Waals surface area contributed by atoms with Crippen molar-refractivity contribution in [3.05, 3.63) is 29.8 Å². The van der Waals surface area contributed by atoms with Crippen LogP contribution in [0.4, 0.5) is 0 Å². The predicted molar refractivity (Wildman–Crippen MR) is 76.8 cm³/mol. The van der Waals surface area contributed by atoms with Crippen molar-refractivity contribution in [2.45, 2.75) is 6.54 Å². The molecule has 0 unspecified atom stereocenters. The minimum Gasteiger partial charge on any atom is -0.496 e. The number of nitrogens with zero attached hydrogens (tertiary/aromatic N) is 2. The Labute approximate surface area is 118 Å². The maximum Gasteiger partial charge on any atom is 0.232 e.